The first-order chi connectivity index (χ1) is 7.38. The maximum Gasteiger partial charge on any atom is 0.255 e. The number of aryl methyl sites for hydroxylation is 1. The van der Waals surface area contributed by atoms with Crippen molar-refractivity contribution in [2.24, 2.45) is 10.9 Å². The van der Waals surface area contributed by atoms with Gasteiger partial charge in [-0.15, -0.1) is 0 Å². The summed E-state index contributed by atoms with van der Waals surface area (Å²) < 4.78 is 0. The second-order valence-electron chi connectivity index (χ2n) is 3.97. The molecule has 7 nitrogen and oxygen atoms in total. The lowest BCUT2D eigenvalue weighted by molar-refractivity contribution is 0.0930. The highest BCUT2D eigenvalue weighted by atomic mass is 16.4. The quantitative estimate of drug-likeness (QED) is 0.250. The average molecular weight is 225 g/mol. The number of amidine groups is 1. The number of hydrogen-bond donors (Lipinski definition) is 4. The summed E-state index contributed by atoms with van der Waals surface area (Å²) in [7, 11) is 0. The van der Waals surface area contributed by atoms with Crippen molar-refractivity contribution in [3.05, 3.63) is 17.5 Å². The van der Waals surface area contributed by atoms with Gasteiger partial charge in [-0.1, -0.05) is 5.16 Å². The molecule has 0 saturated heterocycles. The number of nitrogens with zero attached hydrogens (tertiary/aromatic N) is 2. The van der Waals surface area contributed by atoms with Crippen molar-refractivity contribution in [1.29, 1.82) is 0 Å². The van der Waals surface area contributed by atoms with Crippen molar-refractivity contribution in [3.8, 4) is 0 Å². The van der Waals surface area contributed by atoms with Crippen LogP contribution in [0.25, 0.3) is 0 Å². The van der Waals surface area contributed by atoms with Crippen LogP contribution in [0.15, 0.2) is 11.4 Å². The van der Waals surface area contributed by atoms with Gasteiger partial charge in [0.15, 0.2) is 5.84 Å². The van der Waals surface area contributed by atoms with Gasteiger partial charge in [0.05, 0.1) is 17.3 Å². The second-order valence-corrected chi connectivity index (χ2v) is 3.97. The molecule has 0 aromatic carbocycles. The molecule has 0 aliphatic carbocycles. The maximum atomic E-state index is 11.8. The number of nitrogens with one attached hydrogen (secondary N) is 2. The molecule has 1 heterocycles. The molecular formula is C9H15N5O2. The Labute approximate surface area is 92.7 Å². The number of aromatic amines is 1. The van der Waals surface area contributed by atoms with E-state index < -0.39 is 5.54 Å². The Balaban J connectivity index is 2.84. The summed E-state index contributed by atoms with van der Waals surface area (Å²) >= 11 is 0. The average Bonchev–Trinajstić information content (AvgIpc) is 2.62. The van der Waals surface area contributed by atoms with Crippen LogP contribution in [0.4, 0.5) is 0 Å². The first kappa shape index (κ1) is 12.0. The molecule has 88 valence electrons. The highest BCUT2D eigenvalue weighted by Gasteiger charge is 2.27. The fourth-order valence-electron chi connectivity index (χ4n) is 1.12. The molecule has 16 heavy (non-hydrogen) atoms. The normalized spacial score (nSPS) is 12.6. The van der Waals surface area contributed by atoms with Crippen LogP contribution in [0.3, 0.4) is 0 Å². The van der Waals surface area contributed by atoms with Gasteiger partial charge in [-0.2, -0.15) is 5.10 Å². The molecule has 0 bridgehead atoms. The van der Waals surface area contributed by atoms with Gasteiger partial charge in [0.25, 0.3) is 5.91 Å². The second kappa shape index (κ2) is 4.21. The lowest BCUT2D eigenvalue weighted by atomic mass is 10.0. The Bertz CT molecular complexity index is 421. The molecule has 0 atom stereocenters. The van der Waals surface area contributed by atoms with Crippen LogP contribution in [-0.2, 0) is 0 Å². The van der Waals surface area contributed by atoms with Crippen molar-refractivity contribution < 1.29 is 10.0 Å². The van der Waals surface area contributed by atoms with E-state index in [4.69, 9.17) is 10.9 Å². The number of rotatable bonds is 3. The van der Waals surface area contributed by atoms with Crippen LogP contribution in [0.1, 0.15) is 29.9 Å². The number of hydrogen-bond acceptors (Lipinski definition) is 4. The van der Waals surface area contributed by atoms with Crippen LogP contribution in [0.5, 0.6) is 0 Å². The lowest BCUT2D eigenvalue weighted by Crippen LogP contribution is -2.53. The van der Waals surface area contributed by atoms with Crippen molar-refractivity contribution >= 4 is 11.7 Å². The standard InChI is InChI=1S/C9H15N5O2/c1-5-6(4-11-13-5)7(15)12-9(2,3)8(10)14-16/h4,16H,1-3H3,(H2,10,14)(H,11,13)(H,12,15). The number of aromatic nitrogens is 2. The molecule has 0 unspecified atom stereocenters. The van der Waals surface area contributed by atoms with E-state index in [2.05, 4.69) is 20.7 Å². The highest BCUT2D eigenvalue weighted by Crippen LogP contribution is 2.07. The summed E-state index contributed by atoms with van der Waals surface area (Å²) in [6, 6.07) is 0. The molecule has 1 aromatic heterocycles. The Morgan fingerprint density at radius 3 is 2.75 bits per heavy atom. The fourth-order valence-corrected chi connectivity index (χ4v) is 1.12. The summed E-state index contributed by atoms with van der Waals surface area (Å²) in [6.45, 7) is 5.00. The SMILES string of the molecule is Cc1[nH]ncc1C(=O)NC(C)(C)C(N)=NO. The molecule has 0 aliphatic rings. The minimum atomic E-state index is -0.921. The third-order valence-electron chi connectivity index (χ3n) is 2.25. The van der Waals surface area contributed by atoms with E-state index in [9.17, 15) is 4.79 Å². The van der Waals surface area contributed by atoms with E-state index in [1.165, 1.54) is 6.20 Å². The molecule has 1 aromatic rings. The maximum absolute atomic E-state index is 11.8. The first-order valence-electron chi connectivity index (χ1n) is 4.69. The summed E-state index contributed by atoms with van der Waals surface area (Å²) in [5.74, 6) is -0.398. The molecule has 0 spiro atoms. The summed E-state index contributed by atoms with van der Waals surface area (Å²) in [6.07, 6.45) is 1.42. The van der Waals surface area contributed by atoms with Crippen LogP contribution in [0.2, 0.25) is 0 Å². The molecule has 5 N–H and O–H groups in total. The Kier molecular flexibility index (Phi) is 3.17. The minimum absolute atomic E-state index is 0.0676. The Morgan fingerprint density at radius 2 is 2.31 bits per heavy atom. The molecule has 7 heteroatoms. The molecule has 0 saturated carbocycles. The first-order valence-corrected chi connectivity index (χ1v) is 4.69. The Hall–Kier alpha value is -2.05. The number of carbonyl (C=O) groups excluding carboxylic acids is 1. The highest BCUT2D eigenvalue weighted by molar-refractivity contribution is 6.00. The van der Waals surface area contributed by atoms with Gasteiger partial charge >= 0.3 is 0 Å². The fraction of sp³-hybridized carbons (Fsp3) is 0.444. The lowest BCUT2D eigenvalue weighted by Gasteiger charge is -2.24. The largest absolute Gasteiger partial charge is 0.409 e. The predicted molar refractivity (Wildman–Crippen MR) is 58.3 cm³/mol. The van der Waals surface area contributed by atoms with E-state index in [1.54, 1.807) is 20.8 Å². The summed E-state index contributed by atoms with van der Waals surface area (Å²) in [4.78, 5) is 11.8. The Morgan fingerprint density at radius 1 is 1.69 bits per heavy atom. The molecule has 1 rings (SSSR count). The third kappa shape index (κ3) is 2.30. The van der Waals surface area contributed by atoms with Crippen molar-refractivity contribution in [2.45, 2.75) is 26.3 Å². The molecule has 0 radical (unpaired) electrons. The topological polar surface area (TPSA) is 116 Å². The zero-order valence-corrected chi connectivity index (χ0v) is 9.40. The van der Waals surface area contributed by atoms with Gasteiger partial charge < -0.3 is 16.3 Å². The summed E-state index contributed by atoms with van der Waals surface area (Å²) in [5, 5.41) is 20.5. The smallest absolute Gasteiger partial charge is 0.255 e. The molecule has 1 amide bonds. The number of H-pyrrole nitrogens is 1. The minimum Gasteiger partial charge on any atom is -0.409 e. The van der Waals surface area contributed by atoms with Crippen molar-refractivity contribution in [3.63, 3.8) is 0 Å². The van der Waals surface area contributed by atoms with E-state index >= 15 is 0 Å². The monoisotopic (exact) mass is 225 g/mol. The number of carbonyl (C=O) groups is 1. The van der Waals surface area contributed by atoms with Crippen molar-refractivity contribution in [1.82, 2.24) is 15.5 Å². The van der Waals surface area contributed by atoms with Crippen LogP contribution < -0.4 is 11.1 Å². The third-order valence-corrected chi connectivity index (χ3v) is 2.25. The van der Waals surface area contributed by atoms with Crippen molar-refractivity contribution in [2.75, 3.05) is 0 Å². The van der Waals surface area contributed by atoms with Crippen LogP contribution in [-0.4, -0.2) is 32.7 Å². The van der Waals surface area contributed by atoms with Crippen LogP contribution in [0, 0.1) is 6.92 Å². The van der Waals surface area contributed by atoms with Gasteiger partial charge in [0.2, 0.25) is 0 Å². The zero-order chi connectivity index (χ0) is 12.3. The molecule has 0 fully saturated rings. The molecular weight excluding hydrogens is 210 g/mol. The van der Waals surface area contributed by atoms with E-state index in [0.717, 1.165) is 0 Å². The van der Waals surface area contributed by atoms with E-state index in [-0.39, 0.29) is 11.7 Å². The summed E-state index contributed by atoms with van der Waals surface area (Å²) in [5.41, 5.74) is 5.62. The van der Waals surface area contributed by atoms with Crippen LogP contribution >= 0.6 is 0 Å². The molecule has 0 aliphatic heterocycles. The van der Waals surface area contributed by atoms with Gasteiger partial charge in [-0.3, -0.25) is 9.89 Å². The van der Waals surface area contributed by atoms with E-state index in [1.807, 2.05) is 0 Å². The van der Waals surface area contributed by atoms with Gasteiger partial charge in [-0.05, 0) is 20.8 Å². The van der Waals surface area contributed by atoms with Gasteiger partial charge in [-0.25, -0.2) is 0 Å². The number of nitrogens with two attached hydrogens (primary N) is 1. The van der Waals surface area contributed by atoms with Gasteiger partial charge in [0, 0.05) is 5.69 Å². The number of amides is 1. The zero-order valence-electron chi connectivity index (χ0n) is 9.40. The predicted octanol–water partition coefficient (Wildman–Crippen LogP) is -0.0271. The number of oxime groups is 1. The van der Waals surface area contributed by atoms with Gasteiger partial charge in [0.1, 0.15) is 0 Å². The van der Waals surface area contributed by atoms with E-state index in [0.29, 0.717) is 11.3 Å².